The summed E-state index contributed by atoms with van der Waals surface area (Å²) >= 11 is 0. The molecule has 0 N–H and O–H groups in total. The number of fused-ring (bicyclic) bond motifs is 1. The van der Waals surface area contributed by atoms with Gasteiger partial charge in [-0.05, 0) is 26.2 Å². The molecule has 0 aliphatic carbocycles. The molecule has 5 heteroatoms. The number of hydrogen-bond acceptors (Lipinski definition) is 3. The third-order valence-corrected chi connectivity index (χ3v) is 5.23. The Kier molecular flexibility index (Phi) is 4.57. The Labute approximate surface area is 148 Å². The standard InChI is InChI=1S/C20H25N3O2/c1-15-14-25-13-12-22(15)20(24)18-17-10-6-3-7-11-23(17)19(21-18)16-8-4-2-5-9-16/h2,4-5,8-9,15H,3,6-7,10-14H2,1H3/t15-/m0/s1. The highest BCUT2D eigenvalue weighted by atomic mass is 16.5. The lowest BCUT2D eigenvalue weighted by molar-refractivity contribution is 0.00323. The molecule has 1 atom stereocenters. The van der Waals surface area contributed by atoms with E-state index in [1.54, 1.807) is 0 Å². The number of imidazole rings is 1. The highest BCUT2D eigenvalue weighted by Crippen LogP contribution is 2.28. The maximum absolute atomic E-state index is 13.2. The van der Waals surface area contributed by atoms with Gasteiger partial charge in [0.1, 0.15) is 11.5 Å². The molecular formula is C20H25N3O2. The van der Waals surface area contributed by atoms with Crippen molar-refractivity contribution in [2.24, 2.45) is 0 Å². The molecule has 0 saturated carbocycles. The first-order valence-corrected chi connectivity index (χ1v) is 9.29. The van der Waals surface area contributed by atoms with E-state index in [9.17, 15) is 4.79 Å². The second-order valence-electron chi connectivity index (χ2n) is 6.98. The van der Waals surface area contributed by atoms with Crippen molar-refractivity contribution >= 4 is 5.91 Å². The highest BCUT2D eigenvalue weighted by molar-refractivity contribution is 5.94. The van der Waals surface area contributed by atoms with Crippen molar-refractivity contribution in [3.05, 3.63) is 41.7 Å². The van der Waals surface area contributed by atoms with Crippen LogP contribution in [0.1, 0.15) is 42.4 Å². The van der Waals surface area contributed by atoms with E-state index in [1.165, 1.54) is 6.42 Å². The minimum atomic E-state index is 0.0589. The van der Waals surface area contributed by atoms with Crippen molar-refractivity contribution in [2.45, 2.75) is 45.2 Å². The first-order chi connectivity index (χ1) is 12.3. The number of ether oxygens (including phenoxy) is 1. The zero-order valence-electron chi connectivity index (χ0n) is 14.8. The van der Waals surface area contributed by atoms with Gasteiger partial charge in [-0.3, -0.25) is 4.79 Å². The third kappa shape index (κ3) is 3.09. The summed E-state index contributed by atoms with van der Waals surface area (Å²) in [7, 11) is 0. The zero-order chi connectivity index (χ0) is 17.2. The van der Waals surface area contributed by atoms with E-state index in [4.69, 9.17) is 9.72 Å². The van der Waals surface area contributed by atoms with Crippen molar-refractivity contribution < 1.29 is 9.53 Å². The van der Waals surface area contributed by atoms with E-state index in [0.29, 0.717) is 25.5 Å². The molecule has 1 amide bonds. The van der Waals surface area contributed by atoms with Gasteiger partial charge in [-0.25, -0.2) is 4.98 Å². The predicted octanol–water partition coefficient (Wildman–Crippen LogP) is 3.14. The van der Waals surface area contributed by atoms with Gasteiger partial charge in [-0.1, -0.05) is 36.8 Å². The van der Waals surface area contributed by atoms with E-state index in [-0.39, 0.29) is 11.9 Å². The SMILES string of the molecule is C[C@H]1COCCN1C(=O)c1nc(-c2ccccc2)n2c1CCCCC2. The maximum Gasteiger partial charge on any atom is 0.274 e. The molecule has 132 valence electrons. The predicted molar refractivity (Wildman–Crippen MR) is 96.5 cm³/mol. The second-order valence-corrected chi connectivity index (χ2v) is 6.98. The number of amides is 1. The molecule has 0 bridgehead atoms. The quantitative estimate of drug-likeness (QED) is 0.844. The fourth-order valence-electron chi connectivity index (χ4n) is 3.86. The molecular weight excluding hydrogens is 314 g/mol. The molecule has 1 aromatic heterocycles. The Morgan fingerprint density at radius 2 is 2.00 bits per heavy atom. The molecule has 2 aromatic rings. The van der Waals surface area contributed by atoms with Crippen LogP contribution in [0.5, 0.6) is 0 Å². The van der Waals surface area contributed by atoms with Gasteiger partial charge in [0.25, 0.3) is 5.91 Å². The van der Waals surface area contributed by atoms with Gasteiger partial charge in [0.2, 0.25) is 0 Å². The Morgan fingerprint density at radius 1 is 1.16 bits per heavy atom. The van der Waals surface area contributed by atoms with Crippen molar-refractivity contribution in [3.63, 3.8) is 0 Å². The Bertz CT molecular complexity index is 754. The average molecular weight is 339 g/mol. The van der Waals surface area contributed by atoms with E-state index >= 15 is 0 Å². The molecule has 3 heterocycles. The van der Waals surface area contributed by atoms with Gasteiger partial charge in [0, 0.05) is 18.7 Å². The largest absolute Gasteiger partial charge is 0.377 e. The van der Waals surface area contributed by atoms with Crippen LogP contribution in [0, 0.1) is 0 Å². The van der Waals surface area contributed by atoms with Crippen LogP contribution in [-0.4, -0.2) is 46.2 Å². The molecule has 0 spiro atoms. The fraction of sp³-hybridized carbons (Fsp3) is 0.500. The molecule has 2 aliphatic rings. The van der Waals surface area contributed by atoms with Crippen LogP contribution < -0.4 is 0 Å². The second kappa shape index (κ2) is 7.00. The van der Waals surface area contributed by atoms with Crippen molar-refractivity contribution in [1.29, 1.82) is 0 Å². The Morgan fingerprint density at radius 3 is 2.80 bits per heavy atom. The monoisotopic (exact) mass is 339 g/mol. The number of aromatic nitrogens is 2. The lowest BCUT2D eigenvalue weighted by Crippen LogP contribution is -2.47. The third-order valence-electron chi connectivity index (χ3n) is 5.23. The topological polar surface area (TPSA) is 47.4 Å². The minimum Gasteiger partial charge on any atom is -0.377 e. The number of rotatable bonds is 2. The summed E-state index contributed by atoms with van der Waals surface area (Å²) in [5, 5.41) is 0. The molecule has 1 aromatic carbocycles. The zero-order valence-corrected chi connectivity index (χ0v) is 14.8. The fourth-order valence-corrected chi connectivity index (χ4v) is 3.86. The van der Waals surface area contributed by atoms with Crippen molar-refractivity contribution in [1.82, 2.24) is 14.5 Å². The number of carbonyl (C=O) groups is 1. The van der Waals surface area contributed by atoms with Crippen LogP contribution in [-0.2, 0) is 17.7 Å². The van der Waals surface area contributed by atoms with Crippen molar-refractivity contribution in [2.75, 3.05) is 19.8 Å². The van der Waals surface area contributed by atoms with Crippen molar-refractivity contribution in [3.8, 4) is 11.4 Å². The molecule has 0 radical (unpaired) electrons. The van der Waals surface area contributed by atoms with Crippen LogP contribution in [0.3, 0.4) is 0 Å². The average Bonchev–Trinajstić information content (AvgIpc) is 2.83. The summed E-state index contributed by atoms with van der Waals surface area (Å²) < 4.78 is 7.76. The van der Waals surface area contributed by atoms with Crippen LogP contribution in [0.4, 0.5) is 0 Å². The first-order valence-electron chi connectivity index (χ1n) is 9.29. The van der Waals surface area contributed by atoms with Gasteiger partial charge in [-0.2, -0.15) is 0 Å². The Balaban J connectivity index is 1.77. The number of benzene rings is 1. The van der Waals surface area contributed by atoms with E-state index < -0.39 is 0 Å². The summed E-state index contributed by atoms with van der Waals surface area (Å²) in [5.41, 5.74) is 2.84. The lowest BCUT2D eigenvalue weighted by atomic mass is 10.1. The van der Waals surface area contributed by atoms with Gasteiger partial charge in [0.05, 0.1) is 24.9 Å². The number of carbonyl (C=O) groups excluding carboxylic acids is 1. The molecule has 1 saturated heterocycles. The molecule has 1 fully saturated rings. The molecule has 25 heavy (non-hydrogen) atoms. The van der Waals surface area contributed by atoms with E-state index in [1.807, 2.05) is 30.0 Å². The van der Waals surface area contributed by atoms with Gasteiger partial charge in [0.15, 0.2) is 0 Å². The van der Waals surface area contributed by atoms with Crippen LogP contribution in [0.25, 0.3) is 11.4 Å². The van der Waals surface area contributed by atoms with Gasteiger partial charge >= 0.3 is 0 Å². The van der Waals surface area contributed by atoms with Gasteiger partial charge < -0.3 is 14.2 Å². The highest BCUT2D eigenvalue weighted by Gasteiger charge is 2.31. The minimum absolute atomic E-state index is 0.0589. The summed E-state index contributed by atoms with van der Waals surface area (Å²) in [6.45, 7) is 4.85. The van der Waals surface area contributed by atoms with E-state index in [2.05, 4.69) is 16.7 Å². The normalized spacial score (nSPS) is 20.8. The lowest BCUT2D eigenvalue weighted by Gasteiger charge is -2.33. The Hall–Kier alpha value is -2.14. The number of hydrogen-bond donors (Lipinski definition) is 0. The van der Waals surface area contributed by atoms with Gasteiger partial charge in [-0.15, -0.1) is 0 Å². The summed E-state index contributed by atoms with van der Waals surface area (Å²) in [6.07, 6.45) is 4.40. The number of morpholine rings is 1. The summed E-state index contributed by atoms with van der Waals surface area (Å²) in [6, 6.07) is 10.3. The van der Waals surface area contributed by atoms with E-state index in [0.717, 1.165) is 42.9 Å². The van der Waals surface area contributed by atoms with Crippen LogP contribution >= 0.6 is 0 Å². The van der Waals surface area contributed by atoms with Crippen LogP contribution in [0.2, 0.25) is 0 Å². The maximum atomic E-state index is 13.2. The molecule has 4 rings (SSSR count). The molecule has 5 nitrogen and oxygen atoms in total. The summed E-state index contributed by atoms with van der Waals surface area (Å²) in [4.78, 5) is 20.0. The van der Waals surface area contributed by atoms with Crippen LogP contribution in [0.15, 0.2) is 30.3 Å². The molecule has 2 aliphatic heterocycles. The smallest absolute Gasteiger partial charge is 0.274 e. The first kappa shape index (κ1) is 16.3. The number of nitrogens with zero attached hydrogens (tertiary/aromatic N) is 3. The summed E-state index contributed by atoms with van der Waals surface area (Å²) in [5.74, 6) is 0.991. The molecule has 0 unspecified atom stereocenters.